The van der Waals surface area contributed by atoms with Crippen LogP contribution >= 0.6 is 0 Å². The second kappa shape index (κ2) is 8.20. The van der Waals surface area contributed by atoms with Gasteiger partial charge in [-0.15, -0.1) is 0 Å². The van der Waals surface area contributed by atoms with Crippen molar-refractivity contribution in [3.05, 3.63) is 35.8 Å². The third-order valence-electron chi connectivity index (χ3n) is 2.64. The second-order valence-electron chi connectivity index (χ2n) is 4.48. The van der Waals surface area contributed by atoms with Crippen LogP contribution in [-0.4, -0.2) is 47.6 Å². The molecule has 2 amide bonds. The fourth-order valence-corrected chi connectivity index (χ4v) is 1.71. The van der Waals surface area contributed by atoms with E-state index in [1.54, 1.807) is 0 Å². The summed E-state index contributed by atoms with van der Waals surface area (Å²) in [4.78, 5) is 23.3. The van der Waals surface area contributed by atoms with Crippen LogP contribution in [0.1, 0.15) is 6.92 Å². The number of allylic oxidation sites excluding steroid dienone is 4. The van der Waals surface area contributed by atoms with Gasteiger partial charge in [0.2, 0.25) is 0 Å². The van der Waals surface area contributed by atoms with Gasteiger partial charge in [-0.2, -0.15) is 8.78 Å². The Hall–Kier alpha value is -2.52. The van der Waals surface area contributed by atoms with E-state index in [2.05, 4.69) is 0 Å². The Morgan fingerprint density at radius 3 is 2.65 bits per heavy atom. The van der Waals surface area contributed by atoms with Crippen molar-refractivity contribution < 1.29 is 37.0 Å². The van der Waals surface area contributed by atoms with Gasteiger partial charge in [-0.05, 0) is 13.0 Å². The quantitative estimate of drug-likeness (QED) is 0.443. The van der Waals surface area contributed by atoms with Crippen molar-refractivity contribution >= 4 is 12.0 Å². The fraction of sp³-hybridized carbons (Fsp3) is 0.385. The third-order valence-corrected chi connectivity index (χ3v) is 2.64. The third kappa shape index (κ3) is 5.64. The molecule has 1 saturated heterocycles. The summed E-state index contributed by atoms with van der Waals surface area (Å²) in [5.41, 5.74) is -0.250. The maximum absolute atomic E-state index is 13.1. The van der Waals surface area contributed by atoms with Crippen LogP contribution in [0.5, 0.6) is 0 Å². The van der Waals surface area contributed by atoms with Crippen LogP contribution in [0.2, 0.25) is 0 Å². The van der Waals surface area contributed by atoms with Gasteiger partial charge in [0.25, 0.3) is 5.91 Å². The smallest absolute Gasteiger partial charge is 0.414 e. The molecule has 1 heterocycles. The molecule has 0 bridgehead atoms. The monoisotopic (exact) mass is 338 g/mol. The molecule has 128 valence electrons. The van der Waals surface area contributed by atoms with Crippen molar-refractivity contribution in [2.24, 2.45) is 0 Å². The average Bonchev–Trinajstić information content (AvgIpc) is 2.84. The van der Waals surface area contributed by atoms with Crippen molar-refractivity contribution in [1.29, 1.82) is 0 Å². The molecule has 1 aliphatic rings. The van der Waals surface area contributed by atoms with E-state index in [1.165, 1.54) is 0 Å². The van der Waals surface area contributed by atoms with E-state index in [4.69, 9.17) is 9.84 Å². The number of nitrogens with zero attached hydrogens (tertiary/aromatic N) is 1. The molecular weight excluding hydrogens is 324 g/mol. The van der Waals surface area contributed by atoms with E-state index in [0.717, 1.165) is 17.9 Å². The van der Waals surface area contributed by atoms with Gasteiger partial charge in [0.15, 0.2) is 5.83 Å². The van der Waals surface area contributed by atoms with Crippen molar-refractivity contribution in [3.8, 4) is 0 Å². The van der Waals surface area contributed by atoms with E-state index in [0.29, 0.717) is 6.08 Å². The first-order chi connectivity index (χ1) is 10.7. The van der Waals surface area contributed by atoms with Crippen molar-refractivity contribution in [2.45, 2.75) is 19.5 Å². The molecule has 1 aliphatic heterocycles. The van der Waals surface area contributed by atoms with Crippen LogP contribution in [0.25, 0.3) is 0 Å². The number of rotatable bonds is 6. The standard InChI is InChI=1S/C13H14F4N2O4/c1-7(14)2-9(3-8(15)6-20)19-5-10(23-13(19)22)4-18-12(21)11(16)17/h2-3,6,10-11,20H,4-5H2,1H3,(H,18,21)/b7-2+,8-6-,9-3+. The van der Waals surface area contributed by atoms with E-state index in [1.807, 2.05) is 5.32 Å². The number of aliphatic hydroxyl groups excluding tert-OH is 1. The maximum Gasteiger partial charge on any atom is 0.414 e. The van der Waals surface area contributed by atoms with Crippen LogP contribution in [-0.2, 0) is 9.53 Å². The number of halogens is 4. The highest BCUT2D eigenvalue weighted by molar-refractivity contribution is 5.79. The van der Waals surface area contributed by atoms with Crippen molar-refractivity contribution in [2.75, 3.05) is 13.1 Å². The average molecular weight is 338 g/mol. The molecule has 23 heavy (non-hydrogen) atoms. The maximum atomic E-state index is 13.1. The Morgan fingerprint density at radius 1 is 1.48 bits per heavy atom. The number of amides is 2. The Kier molecular flexibility index (Phi) is 6.61. The van der Waals surface area contributed by atoms with Crippen molar-refractivity contribution in [1.82, 2.24) is 10.2 Å². The number of nitrogens with one attached hydrogen (secondary N) is 1. The van der Waals surface area contributed by atoms with Crippen LogP contribution in [0.15, 0.2) is 35.8 Å². The van der Waals surface area contributed by atoms with Gasteiger partial charge >= 0.3 is 12.5 Å². The number of aliphatic hydroxyl groups is 1. The zero-order valence-electron chi connectivity index (χ0n) is 11.9. The first-order valence-corrected chi connectivity index (χ1v) is 6.34. The first-order valence-electron chi connectivity index (χ1n) is 6.34. The number of hydrogen-bond acceptors (Lipinski definition) is 4. The predicted octanol–water partition coefficient (Wildman–Crippen LogP) is 2.31. The topological polar surface area (TPSA) is 78.9 Å². The van der Waals surface area contributed by atoms with Crippen LogP contribution in [0.3, 0.4) is 0 Å². The predicted molar refractivity (Wildman–Crippen MR) is 70.8 cm³/mol. The van der Waals surface area contributed by atoms with Crippen LogP contribution < -0.4 is 5.32 Å². The van der Waals surface area contributed by atoms with E-state index < -0.39 is 36.2 Å². The van der Waals surface area contributed by atoms with Gasteiger partial charge < -0.3 is 15.2 Å². The van der Waals surface area contributed by atoms with E-state index in [9.17, 15) is 27.2 Å². The molecule has 0 aliphatic carbocycles. The van der Waals surface area contributed by atoms with E-state index >= 15 is 0 Å². The molecule has 1 unspecified atom stereocenters. The van der Waals surface area contributed by atoms with Crippen molar-refractivity contribution in [3.63, 3.8) is 0 Å². The molecule has 0 aromatic heterocycles. The molecule has 1 fully saturated rings. The summed E-state index contributed by atoms with van der Waals surface area (Å²) in [6, 6.07) is 0. The first kappa shape index (κ1) is 18.5. The lowest BCUT2D eigenvalue weighted by atomic mass is 10.2. The summed E-state index contributed by atoms with van der Waals surface area (Å²) in [5, 5.41) is 10.4. The Labute approximate surface area is 128 Å². The fourth-order valence-electron chi connectivity index (χ4n) is 1.71. The highest BCUT2D eigenvalue weighted by Crippen LogP contribution is 2.21. The number of cyclic esters (lactones) is 1. The lowest BCUT2D eigenvalue weighted by Crippen LogP contribution is -2.37. The van der Waals surface area contributed by atoms with Gasteiger partial charge in [0.05, 0.1) is 24.6 Å². The number of hydrogen-bond donors (Lipinski definition) is 2. The second-order valence-corrected chi connectivity index (χ2v) is 4.48. The SMILES string of the molecule is C\C(F)=C/C(=C\C(F)=C\O)N1CC(CNC(=O)C(F)F)OC1=O. The minimum atomic E-state index is -3.21. The largest absolute Gasteiger partial charge is 0.513 e. The summed E-state index contributed by atoms with van der Waals surface area (Å²) >= 11 is 0. The normalized spacial score (nSPS) is 20.1. The highest BCUT2D eigenvalue weighted by Gasteiger charge is 2.33. The minimum Gasteiger partial charge on any atom is -0.513 e. The van der Waals surface area contributed by atoms with Gasteiger partial charge in [0.1, 0.15) is 12.4 Å². The lowest BCUT2D eigenvalue weighted by molar-refractivity contribution is -0.132. The summed E-state index contributed by atoms with van der Waals surface area (Å²) < 4.78 is 55.1. The molecule has 2 N–H and O–H groups in total. The molecule has 1 atom stereocenters. The number of ether oxygens (including phenoxy) is 1. The summed E-state index contributed by atoms with van der Waals surface area (Å²) in [5.74, 6) is -3.41. The molecule has 0 aromatic carbocycles. The molecule has 6 nitrogen and oxygen atoms in total. The van der Waals surface area contributed by atoms with Gasteiger partial charge in [0, 0.05) is 6.08 Å². The van der Waals surface area contributed by atoms with Gasteiger partial charge in [-0.25, -0.2) is 13.6 Å². The Balaban J connectivity index is 2.82. The molecule has 1 rings (SSSR count). The lowest BCUT2D eigenvalue weighted by Gasteiger charge is -2.14. The number of carbonyl (C=O) groups is 2. The van der Waals surface area contributed by atoms with Crippen LogP contribution in [0, 0.1) is 0 Å². The zero-order valence-corrected chi connectivity index (χ0v) is 11.9. The molecule has 0 aromatic rings. The number of alkyl halides is 2. The van der Waals surface area contributed by atoms with Gasteiger partial charge in [-0.3, -0.25) is 9.69 Å². The zero-order chi connectivity index (χ0) is 17.6. The van der Waals surface area contributed by atoms with Gasteiger partial charge in [-0.1, -0.05) is 0 Å². The summed E-state index contributed by atoms with van der Waals surface area (Å²) in [7, 11) is 0. The number of carbonyl (C=O) groups excluding carboxylic acids is 2. The summed E-state index contributed by atoms with van der Waals surface area (Å²) in [6.07, 6.45) is -3.53. The highest BCUT2D eigenvalue weighted by atomic mass is 19.3. The molecule has 0 radical (unpaired) electrons. The van der Waals surface area contributed by atoms with Crippen LogP contribution in [0.4, 0.5) is 22.4 Å². The minimum absolute atomic E-state index is 0.114. The Morgan fingerprint density at radius 2 is 2.13 bits per heavy atom. The molecule has 0 saturated carbocycles. The Bertz CT molecular complexity index is 556. The molecule has 0 spiro atoms. The summed E-state index contributed by atoms with van der Waals surface area (Å²) in [6.45, 7) is 0.447. The molecule has 10 heteroatoms. The van der Waals surface area contributed by atoms with E-state index in [-0.39, 0.29) is 25.0 Å². The molecular formula is C13H14F4N2O4.